The van der Waals surface area contributed by atoms with Crippen LogP contribution in [0, 0.1) is 5.92 Å². The van der Waals surface area contributed by atoms with Gasteiger partial charge in [-0.3, -0.25) is 4.79 Å². The van der Waals surface area contributed by atoms with Crippen LogP contribution in [0.1, 0.15) is 18.6 Å². The maximum absolute atomic E-state index is 10.8. The molecule has 1 fully saturated rings. The number of rotatable bonds is 1. The molecule has 2 nitrogen and oxygen atoms in total. The lowest BCUT2D eigenvalue weighted by atomic mass is 9.93. The zero-order valence-electron chi connectivity index (χ0n) is 6.86. The molecule has 2 heteroatoms. The SMILES string of the molecule is C[C@H]1C(=O)O[C@@H]1c1ccccc1. The molecule has 2 atom stereocenters. The molecule has 2 rings (SSSR count). The van der Waals surface area contributed by atoms with Gasteiger partial charge in [-0.05, 0) is 12.5 Å². The van der Waals surface area contributed by atoms with Crippen LogP contribution in [0.4, 0.5) is 0 Å². The van der Waals surface area contributed by atoms with E-state index in [1.165, 1.54) is 0 Å². The van der Waals surface area contributed by atoms with Crippen LogP contribution in [0.3, 0.4) is 0 Å². The van der Waals surface area contributed by atoms with Crippen molar-refractivity contribution in [3.05, 3.63) is 35.9 Å². The van der Waals surface area contributed by atoms with Crippen molar-refractivity contribution >= 4 is 5.97 Å². The van der Waals surface area contributed by atoms with Gasteiger partial charge in [-0.15, -0.1) is 0 Å². The highest BCUT2D eigenvalue weighted by Gasteiger charge is 2.39. The third-order valence-electron chi connectivity index (χ3n) is 2.20. The van der Waals surface area contributed by atoms with E-state index >= 15 is 0 Å². The van der Waals surface area contributed by atoms with Gasteiger partial charge in [0.25, 0.3) is 0 Å². The molecule has 0 N–H and O–H groups in total. The first-order valence-corrected chi connectivity index (χ1v) is 4.04. The van der Waals surface area contributed by atoms with Crippen LogP contribution in [-0.4, -0.2) is 5.97 Å². The monoisotopic (exact) mass is 162 g/mol. The first-order chi connectivity index (χ1) is 5.79. The maximum Gasteiger partial charge on any atom is 0.313 e. The van der Waals surface area contributed by atoms with Gasteiger partial charge in [0, 0.05) is 0 Å². The van der Waals surface area contributed by atoms with E-state index < -0.39 is 0 Å². The summed E-state index contributed by atoms with van der Waals surface area (Å²) in [5.74, 6) is -0.0729. The highest BCUT2D eigenvalue weighted by molar-refractivity contribution is 5.78. The summed E-state index contributed by atoms with van der Waals surface area (Å²) in [6, 6.07) is 9.82. The van der Waals surface area contributed by atoms with Crippen LogP contribution in [0.15, 0.2) is 30.3 Å². The van der Waals surface area contributed by atoms with E-state index in [0.717, 1.165) is 5.56 Å². The van der Waals surface area contributed by atoms with Gasteiger partial charge in [0.05, 0.1) is 5.92 Å². The summed E-state index contributed by atoms with van der Waals surface area (Å²) in [5, 5.41) is 0. The zero-order chi connectivity index (χ0) is 8.55. The molecule has 0 spiro atoms. The first-order valence-electron chi connectivity index (χ1n) is 4.04. The number of carbonyl (C=O) groups is 1. The number of carbonyl (C=O) groups excluding carboxylic acids is 1. The maximum atomic E-state index is 10.8. The number of benzene rings is 1. The van der Waals surface area contributed by atoms with Gasteiger partial charge in [0.2, 0.25) is 0 Å². The summed E-state index contributed by atoms with van der Waals surface area (Å²) in [5.41, 5.74) is 1.09. The van der Waals surface area contributed by atoms with Crippen molar-refractivity contribution in [2.75, 3.05) is 0 Å². The lowest BCUT2D eigenvalue weighted by molar-refractivity contribution is -0.183. The molecule has 1 aliphatic rings. The Morgan fingerprint density at radius 3 is 2.42 bits per heavy atom. The van der Waals surface area contributed by atoms with E-state index in [2.05, 4.69) is 0 Å². The van der Waals surface area contributed by atoms with E-state index in [0.29, 0.717) is 0 Å². The second-order valence-electron chi connectivity index (χ2n) is 3.06. The summed E-state index contributed by atoms with van der Waals surface area (Å²) in [6.07, 6.45) is -0.0151. The summed E-state index contributed by atoms with van der Waals surface area (Å²) < 4.78 is 5.00. The number of hydrogen-bond acceptors (Lipinski definition) is 2. The molecule has 1 heterocycles. The Bertz CT molecular complexity index is 292. The van der Waals surface area contributed by atoms with E-state index in [4.69, 9.17) is 4.74 Å². The van der Waals surface area contributed by atoms with E-state index in [1.54, 1.807) is 0 Å². The topological polar surface area (TPSA) is 26.3 Å². The Kier molecular flexibility index (Phi) is 1.61. The minimum Gasteiger partial charge on any atom is -0.456 e. The summed E-state index contributed by atoms with van der Waals surface area (Å²) >= 11 is 0. The molecule has 0 aromatic heterocycles. The molecule has 1 aromatic rings. The molecule has 1 saturated heterocycles. The normalized spacial score (nSPS) is 27.6. The van der Waals surface area contributed by atoms with Gasteiger partial charge in [-0.2, -0.15) is 0 Å². The molecule has 0 aliphatic carbocycles. The average Bonchev–Trinajstić information content (AvgIpc) is 2.15. The van der Waals surface area contributed by atoms with Crippen LogP contribution < -0.4 is 0 Å². The molecule has 62 valence electrons. The summed E-state index contributed by atoms with van der Waals surface area (Å²) in [7, 11) is 0. The fourth-order valence-electron chi connectivity index (χ4n) is 1.39. The lowest BCUT2D eigenvalue weighted by Crippen LogP contribution is -2.35. The largest absolute Gasteiger partial charge is 0.456 e. The molecule has 1 aliphatic heterocycles. The van der Waals surface area contributed by atoms with E-state index in [1.807, 2.05) is 37.3 Å². The van der Waals surface area contributed by atoms with Crippen molar-refractivity contribution in [3.63, 3.8) is 0 Å². The molecular weight excluding hydrogens is 152 g/mol. The third-order valence-corrected chi connectivity index (χ3v) is 2.20. The van der Waals surface area contributed by atoms with Crippen LogP contribution in [0.2, 0.25) is 0 Å². The van der Waals surface area contributed by atoms with Gasteiger partial charge in [0.15, 0.2) is 0 Å². The smallest absolute Gasteiger partial charge is 0.313 e. The highest BCUT2D eigenvalue weighted by atomic mass is 16.6. The molecule has 1 aromatic carbocycles. The molecule has 0 amide bonds. The first kappa shape index (κ1) is 7.35. The molecule has 0 unspecified atom stereocenters. The van der Waals surface area contributed by atoms with Crippen LogP contribution in [0.5, 0.6) is 0 Å². The van der Waals surface area contributed by atoms with Crippen molar-refractivity contribution in [2.24, 2.45) is 5.92 Å². The van der Waals surface area contributed by atoms with Gasteiger partial charge in [0.1, 0.15) is 6.10 Å². The standard InChI is InChI=1S/C10H10O2/c1-7-9(12-10(7)11)8-5-3-2-4-6-8/h2-7,9H,1H3/t7-,9+/m1/s1. The predicted octanol–water partition coefficient (Wildman–Crippen LogP) is 1.92. The second kappa shape index (κ2) is 2.63. The Balaban J connectivity index is 2.18. The van der Waals surface area contributed by atoms with Gasteiger partial charge >= 0.3 is 5.97 Å². The van der Waals surface area contributed by atoms with Crippen molar-refractivity contribution in [2.45, 2.75) is 13.0 Å². The fraction of sp³-hybridized carbons (Fsp3) is 0.300. The van der Waals surface area contributed by atoms with Crippen molar-refractivity contribution in [3.8, 4) is 0 Å². The summed E-state index contributed by atoms with van der Waals surface area (Å²) in [4.78, 5) is 10.8. The second-order valence-corrected chi connectivity index (χ2v) is 3.06. The van der Waals surface area contributed by atoms with E-state index in [-0.39, 0.29) is 18.0 Å². The third kappa shape index (κ3) is 0.998. The van der Waals surface area contributed by atoms with Gasteiger partial charge in [-0.25, -0.2) is 0 Å². The Labute approximate surface area is 71.2 Å². The van der Waals surface area contributed by atoms with Crippen molar-refractivity contribution < 1.29 is 9.53 Å². The zero-order valence-corrected chi connectivity index (χ0v) is 6.86. The number of esters is 1. The molecule has 0 saturated carbocycles. The number of ether oxygens (including phenoxy) is 1. The van der Waals surface area contributed by atoms with Crippen molar-refractivity contribution in [1.29, 1.82) is 0 Å². The Morgan fingerprint density at radius 1 is 1.25 bits per heavy atom. The molecule has 0 bridgehead atoms. The number of hydrogen-bond donors (Lipinski definition) is 0. The van der Waals surface area contributed by atoms with Gasteiger partial charge < -0.3 is 4.74 Å². The van der Waals surface area contributed by atoms with Crippen LogP contribution in [0.25, 0.3) is 0 Å². The molecular formula is C10H10O2. The van der Waals surface area contributed by atoms with Crippen molar-refractivity contribution in [1.82, 2.24) is 0 Å². The lowest BCUT2D eigenvalue weighted by Gasteiger charge is -2.32. The van der Waals surface area contributed by atoms with E-state index in [9.17, 15) is 4.79 Å². The summed E-state index contributed by atoms with van der Waals surface area (Å²) in [6.45, 7) is 1.89. The average molecular weight is 162 g/mol. The fourth-order valence-corrected chi connectivity index (χ4v) is 1.39. The highest BCUT2D eigenvalue weighted by Crippen LogP contribution is 2.35. The molecule has 12 heavy (non-hydrogen) atoms. The minimum absolute atomic E-state index is 0.0151. The Hall–Kier alpha value is -1.31. The van der Waals surface area contributed by atoms with Crippen LogP contribution in [-0.2, 0) is 9.53 Å². The number of cyclic esters (lactones) is 1. The minimum atomic E-state index is -0.0937. The van der Waals surface area contributed by atoms with Crippen LogP contribution >= 0.6 is 0 Å². The molecule has 0 radical (unpaired) electrons. The Morgan fingerprint density at radius 2 is 1.92 bits per heavy atom. The predicted molar refractivity (Wildman–Crippen MR) is 44.4 cm³/mol. The van der Waals surface area contributed by atoms with Gasteiger partial charge in [-0.1, -0.05) is 30.3 Å². The quantitative estimate of drug-likeness (QED) is 0.590.